The Balaban J connectivity index is 1.73. The summed E-state index contributed by atoms with van der Waals surface area (Å²) in [5.74, 6) is 0.275. The van der Waals surface area contributed by atoms with Crippen molar-refractivity contribution in [1.82, 2.24) is 0 Å². The van der Waals surface area contributed by atoms with Gasteiger partial charge in [0.2, 0.25) is 0 Å². The highest BCUT2D eigenvalue weighted by Crippen LogP contribution is 2.24. The number of para-hydroxylation sites is 1. The third-order valence-corrected chi connectivity index (χ3v) is 4.47. The molecule has 0 bridgehead atoms. The summed E-state index contributed by atoms with van der Waals surface area (Å²) in [6.07, 6.45) is 1.70. The number of aromatic hydroxyl groups is 1. The topological polar surface area (TPSA) is 45.1 Å². The molecular weight excluding hydrogens is 391 g/mol. The van der Waals surface area contributed by atoms with E-state index >= 15 is 0 Å². The molecule has 0 aromatic heterocycles. The van der Waals surface area contributed by atoms with Crippen LogP contribution in [-0.4, -0.2) is 37.6 Å². The van der Waals surface area contributed by atoms with Gasteiger partial charge in [-0.15, -0.1) is 0 Å². The second kappa shape index (κ2) is 7.11. The number of hydrogen-bond donors (Lipinski definition) is 1. The monoisotopic (exact) mass is 408 g/mol. The number of phenolic OH excluding ortho intramolecular Hbond substituents is 1. The molecule has 0 saturated carbocycles. The van der Waals surface area contributed by atoms with Crippen LogP contribution in [0.15, 0.2) is 47.5 Å². The molecule has 114 valence electrons. The molecule has 0 radical (unpaired) electrons. The summed E-state index contributed by atoms with van der Waals surface area (Å²) in [5.41, 5.74) is 2.79. The molecule has 0 spiro atoms. The van der Waals surface area contributed by atoms with Crippen LogP contribution in [-0.2, 0) is 4.74 Å². The van der Waals surface area contributed by atoms with Crippen molar-refractivity contribution in [2.24, 2.45) is 4.99 Å². The van der Waals surface area contributed by atoms with Crippen molar-refractivity contribution >= 4 is 40.2 Å². The Bertz CT molecular complexity index is 665. The molecule has 2 aromatic carbocycles. The first-order valence-corrected chi connectivity index (χ1v) is 8.26. The van der Waals surface area contributed by atoms with Crippen LogP contribution in [0.4, 0.5) is 11.4 Å². The largest absolute Gasteiger partial charge is 0.506 e. The lowest BCUT2D eigenvalue weighted by atomic mass is 10.2. The number of aliphatic imine (C=N–C) groups is 1. The van der Waals surface area contributed by atoms with Gasteiger partial charge in [-0.1, -0.05) is 6.07 Å². The van der Waals surface area contributed by atoms with E-state index in [9.17, 15) is 5.11 Å². The Kier molecular flexibility index (Phi) is 4.94. The van der Waals surface area contributed by atoms with Gasteiger partial charge in [-0.2, -0.15) is 0 Å². The Morgan fingerprint density at radius 1 is 1.09 bits per heavy atom. The molecule has 2 aromatic rings. The number of morpholine rings is 1. The summed E-state index contributed by atoms with van der Waals surface area (Å²) in [5, 5.41) is 9.97. The summed E-state index contributed by atoms with van der Waals surface area (Å²) >= 11 is 2.11. The van der Waals surface area contributed by atoms with E-state index in [-0.39, 0.29) is 5.75 Å². The molecule has 1 fully saturated rings. The fourth-order valence-electron chi connectivity index (χ4n) is 2.35. The number of benzene rings is 2. The van der Waals surface area contributed by atoms with Crippen molar-refractivity contribution in [3.8, 4) is 5.75 Å². The van der Waals surface area contributed by atoms with Crippen molar-refractivity contribution in [3.63, 3.8) is 0 Å². The van der Waals surface area contributed by atoms with Crippen molar-refractivity contribution in [2.45, 2.75) is 0 Å². The van der Waals surface area contributed by atoms with Gasteiger partial charge in [0.25, 0.3) is 0 Å². The minimum absolute atomic E-state index is 0.275. The molecular formula is C17H17IN2O2. The number of nitrogens with zero attached hydrogens (tertiary/aromatic N) is 2. The summed E-state index contributed by atoms with van der Waals surface area (Å²) in [4.78, 5) is 6.74. The molecule has 1 heterocycles. The highest BCUT2D eigenvalue weighted by molar-refractivity contribution is 14.1. The van der Waals surface area contributed by atoms with E-state index in [1.165, 1.54) is 5.69 Å². The van der Waals surface area contributed by atoms with E-state index in [0.717, 1.165) is 41.1 Å². The van der Waals surface area contributed by atoms with Crippen LogP contribution in [0, 0.1) is 3.57 Å². The molecule has 5 heteroatoms. The van der Waals surface area contributed by atoms with Crippen molar-refractivity contribution < 1.29 is 9.84 Å². The molecule has 0 amide bonds. The summed E-state index contributed by atoms with van der Waals surface area (Å²) in [7, 11) is 0. The van der Waals surface area contributed by atoms with Crippen LogP contribution in [0.3, 0.4) is 0 Å². The van der Waals surface area contributed by atoms with Gasteiger partial charge in [0.1, 0.15) is 5.75 Å². The van der Waals surface area contributed by atoms with Gasteiger partial charge in [0.05, 0.1) is 22.5 Å². The molecule has 1 aliphatic heterocycles. The third kappa shape index (κ3) is 3.59. The number of hydrogen-bond acceptors (Lipinski definition) is 4. The molecule has 22 heavy (non-hydrogen) atoms. The lowest BCUT2D eigenvalue weighted by Gasteiger charge is -2.28. The average molecular weight is 408 g/mol. The minimum atomic E-state index is 0.275. The fourth-order valence-corrected chi connectivity index (χ4v) is 2.87. The zero-order valence-electron chi connectivity index (χ0n) is 12.1. The van der Waals surface area contributed by atoms with Gasteiger partial charge in [-0.05, 0) is 59.0 Å². The first kappa shape index (κ1) is 15.3. The molecule has 3 rings (SSSR count). The predicted molar refractivity (Wildman–Crippen MR) is 97.6 cm³/mol. The van der Waals surface area contributed by atoms with Gasteiger partial charge < -0.3 is 14.7 Å². The maximum atomic E-state index is 9.97. The number of anilines is 1. The van der Waals surface area contributed by atoms with Crippen molar-refractivity contribution in [1.29, 1.82) is 0 Å². The Hall–Kier alpha value is -1.60. The molecule has 1 N–H and O–H groups in total. The van der Waals surface area contributed by atoms with Gasteiger partial charge in [0, 0.05) is 30.6 Å². The van der Waals surface area contributed by atoms with Gasteiger partial charge in [0.15, 0.2) is 0 Å². The van der Waals surface area contributed by atoms with Crippen molar-refractivity contribution in [2.75, 3.05) is 31.2 Å². The molecule has 4 nitrogen and oxygen atoms in total. The maximum Gasteiger partial charge on any atom is 0.137 e. The third-order valence-electron chi connectivity index (χ3n) is 3.60. The number of rotatable bonds is 3. The van der Waals surface area contributed by atoms with Crippen LogP contribution in [0.2, 0.25) is 0 Å². The number of halogens is 1. The molecule has 0 unspecified atom stereocenters. The Morgan fingerprint density at radius 3 is 2.55 bits per heavy atom. The molecule has 0 aliphatic carbocycles. The van der Waals surface area contributed by atoms with Crippen LogP contribution in [0.25, 0.3) is 0 Å². The van der Waals surface area contributed by atoms with Crippen LogP contribution >= 0.6 is 22.6 Å². The standard InChI is InChI=1S/C17H17IN2O2/c18-16-3-1-2-13(17(16)21)12-19-14-4-6-15(7-5-14)20-8-10-22-11-9-20/h1-7,12,21H,8-11H2. The summed E-state index contributed by atoms with van der Waals surface area (Å²) in [6, 6.07) is 13.8. The molecule has 1 saturated heterocycles. The lowest BCUT2D eigenvalue weighted by Crippen LogP contribution is -2.36. The average Bonchev–Trinajstić information content (AvgIpc) is 2.57. The second-order valence-corrected chi connectivity index (χ2v) is 6.21. The number of ether oxygens (including phenoxy) is 1. The van der Waals surface area contributed by atoms with Crippen molar-refractivity contribution in [3.05, 3.63) is 51.6 Å². The summed E-state index contributed by atoms with van der Waals surface area (Å²) in [6.45, 7) is 3.43. The van der Waals surface area contributed by atoms with E-state index < -0.39 is 0 Å². The van der Waals surface area contributed by atoms with Gasteiger partial charge in [-0.3, -0.25) is 4.99 Å². The number of phenols is 1. The Labute approximate surface area is 143 Å². The predicted octanol–water partition coefficient (Wildman–Crippen LogP) is 3.58. The second-order valence-electron chi connectivity index (χ2n) is 5.05. The van der Waals surface area contributed by atoms with E-state index in [0.29, 0.717) is 0 Å². The lowest BCUT2D eigenvalue weighted by molar-refractivity contribution is 0.122. The van der Waals surface area contributed by atoms with E-state index in [1.54, 1.807) is 6.21 Å². The van der Waals surface area contributed by atoms with Crippen LogP contribution in [0.1, 0.15) is 5.56 Å². The van der Waals surface area contributed by atoms with Gasteiger partial charge >= 0.3 is 0 Å². The highest BCUT2D eigenvalue weighted by atomic mass is 127. The highest BCUT2D eigenvalue weighted by Gasteiger charge is 2.10. The quantitative estimate of drug-likeness (QED) is 0.624. The minimum Gasteiger partial charge on any atom is -0.506 e. The zero-order chi connectivity index (χ0) is 15.4. The molecule has 1 aliphatic rings. The normalized spacial score (nSPS) is 15.4. The van der Waals surface area contributed by atoms with E-state index in [2.05, 4.69) is 44.6 Å². The van der Waals surface area contributed by atoms with E-state index in [4.69, 9.17) is 4.74 Å². The smallest absolute Gasteiger partial charge is 0.137 e. The van der Waals surface area contributed by atoms with Crippen LogP contribution < -0.4 is 4.90 Å². The zero-order valence-corrected chi connectivity index (χ0v) is 14.2. The Morgan fingerprint density at radius 2 is 1.82 bits per heavy atom. The van der Waals surface area contributed by atoms with E-state index in [1.807, 2.05) is 30.3 Å². The summed E-state index contributed by atoms with van der Waals surface area (Å²) < 4.78 is 6.19. The first-order chi connectivity index (χ1) is 10.7. The van der Waals surface area contributed by atoms with Crippen LogP contribution in [0.5, 0.6) is 5.75 Å². The maximum absolute atomic E-state index is 9.97. The van der Waals surface area contributed by atoms with Gasteiger partial charge in [-0.25, -0.2) is 0 Å². The first-order valence-electron chi connectivity index (χ1n) is 7.18. The fraction of sp³-hybridized carbons (Fsp3) is 0.235. The SMILES string of the molecule is Oc1c(I)cccc1C=Nc1ccc(N2CCOCC2)cc1. The molecule has 0 atom stereocenters.